The second kappa shape index (κ2) is 6.86. The molecule has 3 nitrogen and oxygen atoms in total. The number of fused-ring (bicyclic) bond motifs is 1. The predicted molar refractivity (Wildman–Crippen MR) is 75.9 cm³/mol. The molecule has 5 heteroatoms. The molecule has 0 saturated carbocycles. The predicted octanol–water partition coefficient (Wildman–Crippen LogP) is -0.308. The molecule has 1 amide bonds. The number of carbonyl (C=O) groups is 1. The highest BCUT2D eigenvalue weighted by Crippen LogP contribution is 2.19. The van der Waals surface area contributed by atoms with Gasteiger partial charge in [-0.05, 0) is 35.5 Å². The molecule has 1 N–H and O–H groups in total. The Kier molecular flexibility index (Phi) is 5.15. The van der Waals surface area contributed by atoms with Crippen molar-refractivity contribution in [1.82, 2.24) is 0 Å². The summed E-state index contributed by atoms with van der Waals surface area (Å²) in [5.41, 5.74) is 6.37. The van der Waals surface area contributed by atoms with Crippen LogP contribution in [0.15, 0.2) is 35.7 Å². The van der Waals surface area contributed by atoms with Gasteiger partial charge in [0.15, 0.2) is 11.5 Å². The number of carbonyl (C=O) groups excluding carboxylic acids is 1. The normalized spacial score (nSPS) is 13.8. The number of aromatic nitrogens is 1. The highest BCUT2D eigenvalue weighted by molar-refractivity contribution is 6.99. The Bertz CT molecular complexity index is 583. The van der Waals surface area contributed by atoms with Gasteiger partial charge in [0.05, 0.1) is 5.38 Å². The van der Waals surface area contributed by atoms with Gasteiger partial charge >= 0.3 is 5.91 Å². The van der Waals surface area contributed by atoms with Crippen LogP contribution in [0.25, 0.3) is 0 Å². The molecule has 1 aromatic heterocycles. The molecule has 2 aromatic rings. The maximum atomic E-state index is 12.2. The Hall–Kier alpha value is -1.39. The fraction of sp³-hybridized carbons (Fsp3) is 0.333. The van der Waals surface area contributed by atoms with Crippen LogP contribution in [0.2, 0.25) is 0 Å². The molecule has 20 heavy (non-hydrogen) atoms. The van der Waals surface area contributed by atoms with Crippen LogP contribution in [0.3, 0.4) is 0 Å². The van der Waals surface area contributed by atoms with Gasteiger partial charge in [-0.25, -0.2) is 0 Å². The zero-order chi connectivity index (χ0) is 13.1. The van der Waals surface area contributed by atoms with Crippen molar-refractivity contribution < 1.29 is 21.3 Å². The fourth-order valence-electron chi connectivity index (χ4n) is 2.47. The summed E-state index contributed by atoms with van der Waals surface area (Å²) in [6, 6.07) is 9.36. The summed E-state index contributed by atoms with van der Waals surface area (Å²) in [6.07, 6.45) is 5.96. The van der Waals surface area contributed by atoms with E-state index in [0.717, 1.165) is 12.8 Å². The lowest BCUT2D eigenvalue weighted by Gasteiger charge is -1.99. The molecule has 3 rings (SSSR count). The first kappa shape index (κ1) is 15.0. The minimum atomic E-state index is -0.0421. The van der Waals surface area contributed by atoms with Gasteiger partial charge in [-0.15, -0.1) is 5.43 Å². The number of rotatable bonds is 2. The zero-order valence-electron chi connectivity index (χ0n) is 11.1. The number of benzene rings is 1. The summed E-state index contributed by atoms with van der Waals surface area (Å²) in [5.74, 6) is -0.0421. The molecule has 0 aliphatic heterocycles. The average molecular weight is 309 g/mol. The van der Waals surface area contributed by atoms with Crippen LogP contribution in [-0.2, 0) is 12.8 Å². The summed E-state index contributed by atoms with van der Waals surface area (Å²) in [5, 5.41) is 2.17. The summed E-state index contributed by atoms with van der Waals surface area (Å²) in [4.78, 5) is 12.2. The van der Waals surface area contributed by atoms with Crippen LogP contribution in [0.1, 0.15) is 40.9 Å². The van der Waals surface area contributed by atoms with Crippen LogP contribution in [-0.4, -0.2) is 5.91 Å². The summed E-state index contributed by atoms with van der Waals surface area (Å²) in [7, 11) is 0. The zero-order valence-corrected chi connectivity index (χ0v) is 12.7. The van der Waals surface area contributed by atoms with E-state index in [1.54, 1.807) is 11.5 Å². The second-order valence-electron chi connectivity index (χ2n) is 4.86. The number of aryl methyl sites for hydroxylation is 1. The van der Waals surface area contributed by atoms with Gasteiger partial charge in [0.1, 0.15) is 0 Å². The number of halogens is 1. The van der Waals surface area contributed by atoms with Crippen LogP contribution in [0.5, 0.6) is 0 Å². The molecule has 1 aliphatic carbocycles. The third kappa shape index (κ3) is 3.19. The molecule has 0 atom stereocenters. The molecule has 0 radical (unpaired) electrons. The lowest BCUT2D eigenvalue weighted by atomic mass is 10.2. The fourth-order valence-corrected chi connectivity index (χ4v) is 3.43. The first-order valence-electron chi connectivity index (χ1n) is 6.73. The van der Waals surface area contributed by atoms with Crippen molar-refractivity contribution in [3.05, 3.63) is 52.5 Å². The van der Waals surface area contributed by atoms with Crippen molar-refractivity contribution in [2.24, 2.45) is 0 Å². The van der Waals surface area contributed by atoms with Crippen molar-refractivity contribution in [2.75, 3.05) is 5.43 Å². The van der Waals surface area contributed by atoms with E-state index in [9.17, 15) is 4.79 Å². The maximum absolute atomic E-state index is 12.2. The minimum absolute atomic E-state index is 0. The van der Waals surface area contributed by atoms with Gasteiger partial charge in [0.2, 0.25) is 5.69 Å². The number of hydrogen-bond acceptors (Lipinski definition) is 2. The standard InChI is InChI=1S/C15H16N2OS.ClH/c18-15(12-7-3-1-4-8-12)16-17-14-10-6-2-5-9-13(14)11-19-17;/h1,3-4,7-8,11H,2,5-6,9-10H2;1H. The molecule has 0 fully saturated rings. The third-order valence-electron chi connectivity index (χ3n) is 3.51. The number of nitrogens with one attached hydrogen (secondary N) is 1. The summed E-state index contributed by atoms with van der Waals surface area (Å²) in [6.45, 7) is 0. The van der Waals surface area contributed by atoms with E-state index in [0.29, 0.717) is 5.56 Å². The quantitative estimate of drug-likeness (QED) is 0.599. The van der Waals surface area contributed by atoms with Gasteiger partial charge < -0.3 is 12.4 Å². The topological polar surface area (TPSA) is 33.0 Å². The first-order valence-corrected chi connectivity index (χ1v) is 7.56. The van der Waals surface area contributed by atoms with Crippen molar-refractivity contribution in [2.45, 2.75) is 32.1 Å². The third-order valence-corrected chi connectivity index (χ3v) is 4.43. The van der Waals surface area contributed by atoms with Crippen LogP contribution < -0.4 is 21.9 Å². The molecular formula is C15H17ClN2OS. The van der Waals surface area contributed by atoms with E-state index in [1.807, 2.05) is 34.4 Å². The van der Waals surface area contributed by atoms with Crippen molar-refractivity contribution in [1.29, 1.82) is 0 Å². The Morgan fingerprint density at radius 2 is 1.85 bits per heavy atom. The van der Waals surface area contributed by atoms with Gasteiger partial charge in [-0.1, -0.05) is 24.6 Å². The Balaban J connectivity index is 0.00000147. The molecule has 0 spiro atoms. The molecule has 106 valence electrons. The van der Waals surface area contributed by atoms with E-state index < -0.39 is 0 Å². The van der Waals surface area contributed by atoms with E-state index in [-0.39, 0.29) is 18.3 Å². The van der Waals surface area contributed by atoms with E-state index in [2.05, 4.69) is 10.8 Å². The summed E-state index contributed by atoms with van der Waals surface area (Å²) < 4.78 is 1.94. The molecule has 1 aliphatic rings. The first-order chi connectivity index (χ1) is 9.34. The largest absolute Gasteiger partial charge is 1.00 e. The maximum Gasteiger partial charge on any atom is 0.306 e. The van der Waals surface area contributed by atoms with Gasteiger partial charge in [-0.3, -0.25) is 4.79 Å². The van der Waals surface area contributed by atoms with Gasteiger partial charge in [-0.2, -0.15) is 0 Å². The second-order valence-corrected chi connectivity index (χ2v) is 5.67. The smallest absolute Gasteiger partial charge is 0.306 e. The van der Waals surface area contributed by atoms with Crippen molar-refractivity contribution in [3.63, 3.8) is 0 Å². The molecule has 0 unspecified atom stereocenters. The van der Waals surface area contributed by atoms with Crippen molar-refractivity contribution >= 4 is 17.4 Å². The highest BCUT2D eigenvalue weighted by atomic mass is 35.5. The van der Waals surface area contributed by atoms with E-state index in [4.69, 9.17) is 0 Å². The van der Waals surface area contributed by atoms with Crippen LogP contribution in [0.4, 0.5) is 0 Å². The van der Waals surface area contributed by atoms with Gasteiger partial charge in [0, 0.05) is 17.5 Å². The number of hydrogen-bond donors (Lipinski definition) is 1. The number of amides is 1. The molecule has 0 bridgehead atoms. The number of nitrogens with zero attached hydrogens (tertiary/aromatic N) is 1. The Morgan fingerprint density at radius 3 is 2.65 bits per heavy atom. The Labute approximate surface area is 129 Å². The van der Waals surface area contributed by atoms with Crippen LogP contribution in [0, 0.1) is 0 Å². The molecular weight excluding hydrogens is 292 g/mol. The van der Waals surface area contributed by atoms with E-state index >= 15 is 0 Å². The Morgan fingerprint density at radius 1 is 1.10 bits per heavy atom. The average Bonchev–Trinajstić information content (AvgIpc) is 2.68. The molecule has 1 heterocycles. The monoisotopic (exact) mass is 308 g/mol. The van der Waals surface area contributed by atoms with Gasteiger partial charge in [0.25, 0.3) is 0 Å². The molecule has 0 saturated heterocycles. The van der Waals surface area contributed by atoms with E-state index in [1.165, 1.54) is 30.5 Å². The molecule has 1 aromatic carbocycles. The minimum Gasteiger partial charge on any atom is -1.00 e. The summed E-state index contributed by atoms with van der Waals surface area (Å²) >= 11 is 1.58. The highest BCUT2D eigenvalue weighted by Gasteiger charge is 2.24. The van der Waals surface area contributed by atoms with Crippen molar-refractivity contribution in [3.8, 4) is 0 Å². The SMILES string of the molecule is O=C(N[n+]1scc2c1CCCCC2)c1ccccc1.[Cl-]. The lowest BCUT2D eigenvalue weighted by molar-refractivity contribution is -0.578. The van der Waals surface area contributed by atoms with Crippen LogP contribution >= 0.6 is 11.5 Å². The lowest BCUT2D eigenvalue weighted by Crippen LogP contribution is -3.00.